The molecule has 0 bridgehead atoms. The molecule has 0 unspecified atom stereocenters. The predicted octanol–water partition coefficient (Wildman–Crippen LogP) is 4.84. The number of rotatable bonds is 6. The molecule has 5 nitrogen and oxygen atoms in total. The van der Waals surface area contributed by atoms with E-state index in [2.05, 4.69) is 19.9 Å². The fraction of sp³-hybridized carbons (Fsp3) is 0.217. The normalized spacial score (nSPS) is 12.3. The highest BCUT2D eigenvalue weighted by atomic mass is 32.2. The monoisotopic (exact) mass is 404 g/mol. The van der Waals surface area contributed by atoms with E-state index in [9.17, 15) is 5.11 Å². The molecule has 6 heteroatoms. The summed E-state index contributed by atoms with van der Waals surface area (Å²) in [4.78, 5) is 15.7. The molecule has 0 saturated carbocycles. The number of benzene rings is 2. The molecule has 0 fully saturated rings. The minimum Gasteiger partial charge on any atom is -0.376 e. The largest absolute Gasteiger partial charge is 0.376 e. The SMILES string of the molecule is CSC(C)(C)C(O)(c1cnc(-c2ccccc2)[nH]1)c1cnc(-c2ccccc2)[nH]1. The molecule has 148 valence electrons. The van der Waals surface area contributed by atoms with E-state index >= 15 is 0 Å². The van der Waals surface area contributed by atoms with Crippen LogP contribution in [0, 0.1) is 0 Å². The van der Waals surface area contributed by atoms with Crippen molar-refractivity contribution in [2.45, 2.75) is 24.2 Å². The molecular weight excluding hydrogens is 380 g/mol. The quantitative estimate of drug-likeness (QED) is 0.429. The lowest BCUT2D eigenvalue weighted by Crippen LogP contribution is -2.46. The number of hydrogen-bond donors (Lipinski definition) is 3. The summed E-state index contributed by atoms with van der Waals surface area (Å²) >= 11 is 1.59. The van der Waals surface area contributed by atoms with Crippen LogP contribution >= 0.6 is 11.8 Å². The maximum atomic E-state index is 12.0. The van der Waals surface area contributed by atoms with Crippen LogP contribution in [0.2, 0.25) is 0 Å². The van der Waals surface area contributed by atoms with Crippen molar-refractivity contribution in [1.82, 2.24) is 19.9 Å². The van der Waals surface area contributed by atoms with Crippen LogP contribution in [0.25, 0.3) is 22.8 Å². The van der Waals surface area contributed by atoms with Gasteiger partial charge in [0, 0.05) is 11.1 Å². The second kappa shape index (κ2) is 7.54. The lowest BCUT2D eigenvalue weighted by molar-refractivity contribution is 0.0411. The van der Waals surface area contributed by atoms with Crippen LogP contribution in [0.3, 0.4) is 0 Å². The van der Waals surface area contributed by atoms with Crippen molar-refractivity contribution in [2.24, 2.45) is 0 Å². The number of nitrogens with one attached hydrogen (secondary N) is 2. The summed E-state index contributed by atoms with van der Waals surface area (Å²) in [6.07, 6.45) is 5.42. The van der Waals surface area contributed by atoms with Gasteiger partial charge >= 0.3 is 0 Å². The van der Waals surface area contributed by atoms with E-state index in [-0.39, 0.29) is 0 Å². The molecule has 0 radical (unpaired) electrons. The van der Waals surface area contributed by atoms with Crippen LogP contribution in [0.5, 0.6) is 0 Å². The average Bonchev–Trinajstić information content (AvgIpc) is 3.45. The fourth-order valence-corrected chi connectivity index (χ4v) is 3.95. The van der Waals surface area contributed by atoms with Gasteiger partial charge < -0.3 is 15.1 Å². The van der Waals surface area contributed by atoms with Crippen molar-refractivity contribution in [2.75, 3.05) is 6.26 Å². The number of H-pyrrole nitrogens is 2. The highest BCUT2D eigenvalue weighted by Crippen LogP contribution is 2.45. The zero-order valence-corrected chi connectivity index (χ0v) is 17.5. The number of aliphatic hydroxyl groups is 1. The Hall–Kier alpha value is -2.83. The molecule has 2 aromatic carbocycles. The predicted molar refractivity (Wildman–Crippen MR) is 119 cm³/mol. The van der Waals surface area contributed by atoms with Crippen LogP contribution in [0.15, 0.2) is 73.1 Å². The summed E-state index contributed by atoms with van der Waals surface area (Å²) in [7, 11) is 0. The smallest absolute Gasteiger partial charge is 0.161 e. The third kappa shape index (κ3) is 3.39. The number of hydrogen-bond acceptors (Lipinski definition) is 4. The summed E-state index contributed by atoms with van der Waals surface area (Å²) in [6, 6.07) is 19.8. The molecule has 4 aromatic rings. The number of aromatic amines is 2. The standard InChI is InChI=1S/C23H24N4OS/c1-22(2,29-3)23(28,18-14-24-20(26-18)16-10-6-4-7-11-16)19-15-25-21(27-19)17-12-8-5-9-13-17/h4-15,28H,1-3H3,(H,24,26)(H,25,27). The van der Waals surface area contributed by atoms with Crippen LogP contribution in [0.4, 0.5) is 0 Å². The summed E-state index contributed by atoms with van der Waals surface area (Å²) in [5.41, 5.74) is 1.85. The van der Waals surface area contributed by atoms with E-state index in [0.29, 0.717) is 11.4 Å². The zero-order chi connectivity index (χ0) is 20.5. The summed E-state index contributed by atoms with van der Waals surface area (Å²) in [5, 5.41) is 12.0. The first-order chi connectivity index (χ1) is 14.0. The molecule has 29 heavy (non-hydrogen) atoms. The molecule has 2 aromatic heterocycles. The third-order valence-electron chi connectivity index (χ3n) is 5.41. The Morgan fingerprint density at radius 1 is 0.759 bits per heavy atom. The van der Waals surface area contributed by atoms with Crippen molar-refractivity contribution in [3.05, 3.63) is 84.4 Å². The van der Waals surface area contributed by atoms with Crippen LogP contribution in [-0.4, -0.2) is 36.0 Å². The first-order valence-electron chi connectivity index (χ1n) is 9.45. The van der Waals surface area contributed by atoms with Crippen LogP contribution < -0.4 is 0 Å². The molecule has 4 rings (SSSR count). The van der Waals surface area contributed by atoms with Gasteiger partial charge in [-0.15, -0.1) is 0 Å². The Morgan fingerprint density at radius 3 is 1.55 bits per heavy atom. The third-order valence-corrected chi connectivity index (χ3v) is 6.72. The Kier molecular flexibility index (Phi) is 5.06. The molecule has 0 amide bonds. The lowest BCUT2D eigenvalue weighted by atomic mass is 9.83. The van der Waals surface area contributed by atoms with E-state index in [1.165, 1.54) is 0 Å². The second-order valence-corrected chi connectivity index (χ2v) is 8.88. The van der Waals surface area contributed by atoms with Gasteiger partial charge in [0.05, 0.1) is 28.5 Å². The van der Waals surface area contributed by atoms with Gasteiger partial charge in [-0.2, -0.15) is 11.8 Å². The molecule has 3 N–H and O–H groups in total. The second-order valence-electron chi connectivity index (χ2n) is 7.45. The Labute approximate surface area is 174 Å². The summed E-state index contributed by atoms with van der Waals surface area (Å²) < 4.78 is -0.548. The van der Waals surface area contributed by atoms with Gasteiger partial charge in [-0.3, -0.25) is 0 Å². The highest BCUT2D eigenvalue weighted by molar-refractivity contribution is 8.00. The van der Waals surface area contributed by atoms with E-state index in [0.717, 1.165) is 22.8 Å². The van der Waals surface area contributed by atoms with Gasteiger partial charge in [-0.25, -0.2) is 9.97 Å². The Balaban J connectivity index is 1.81. The first kappa shape index (κ1) is 19.5. The number of thioether (sulfide) groups is 1. The minimum absolute atomic E-state index is 0.548. The van der Waals surface area contributed by atoms with E-state index < -0.39 is 10.3 Å². The molecule has 0 aliphatic heterocycles. The average molecular weight is 405 g/mol. The van der Waals surface area contributed by atoms with Gasteiger partial charge in [-0.05, 0) is 20.1 Å². The molecule has 0 spiro atoms. The van der Waals surface area contributed by atoms with Gasteiger partial charge in [0.25, 0.3) is 0 Å². The van der Waals surface area contributed by atoms with E-state index in [4.69, 9.17) is 0 Å². The fourth-order valence-electron chi connectivity index (χ4n) is 3.44. The summed E-state index contributed by atoms with van der Waals surface area (Å²) in [6.45, 7) is 4.04. The Morgan fingerprint density at radius 2 is 1.17 bits per heavy atom. The molecule has 0 aliphatic carbocycles. The molecular formula is C23H24N4OS. The maximum absolute atomic E-state index is 12.0. The van der Waals surface area contributed by atoms with Crippen molar-refractivity contribution in [1.29, 1.82) is 0 Å². The van der Waals surface area contributed by atoms with E-state index in [1.54, 1.807) is 24.2 Å². The van der Waals surface area contributed by atoms with E-state index in [1.807, 2.05) is 80.8 Å². The number of aromatic nitrogens is 4. The molecule has 0 saturated heterocycles. The maximum Gasteiger partial charge on any atom is 0.161 e. The van der Waals surface area contributed by atoms with Crippen LogP contribution in [0.1, 0.15) is 25.2 Å². The van der Waals surface area contributed by atoms with Crippen molar-refractivity contribution < 1.29 is 5.11 Å². The number of imidazole rings is 2. The zero-order valence-electron chi connectivity index (χ0n) is 16.7. The number of nitrogens with zero attached hydrogens (tertiary/aromatic N) is 2. The Bertz CT molecular complexity index is 1010. The van der Waals surface area contributed by atoms with Crippen molar-refractivity contribution >= 4 is 11.8 Å². The minimum atomic E-state index is -1.34. The van der Waals surface area contributed by atoms with Gasteiger partial charge in [0.2, 0.25) is 0 Å². The van der Waals surface area contributed by atoms with Crippen molar-refractivity contribution in [3.8, 4) is 22.8 Å². The van der Waals surface area contributed by atoms with Crippen LogP contribution in [-0.2, 0) is 5.60 Å². The molecule has 0 atom stereocenters. The first-order valence-corrected chi connectivity index (χ1v) is 10.7. The topological polar surface area (TPSA) is 77.6 Å². The lowest BCUT2D eigenvalue weighted by Gasteiger charge is -2.40. The van der Waals surface area contributed by atoms with Gasteiger partial charge in [-0.1, -0.05) is 60.7 Å². The molecule has 0 aliphatic rings. The van der Waals surface area contributed by atoms with Gasteiger partial charge in [0.15, 0.2) is 5.60 Å². The highest BCUT2D eigenvalue weighted by Gasteiger charge is 2.49. The summed E-state index contributed by atoms with van der Waals surface area (Å²) in [5.74, 6) is 1.44. The molecule has 2 heterocycles. The van der Waals surface area contributed by atoms with Crippen molar-refractivity contribution in [3.63, 3.8) is 0 Å². The van der Waals surface area contributed by atoms with Gasteiger partial charge in [0.1, 0.15) is 11.6 Å².